The molecule has 63 heavy (non-hydrogen) atoms. The van der Waals surface area contributed by atoms with Crippen molar-refractivity contribution in [2.75, 3.05) is 0 Å². The first-order chi connectivity index (χ1) is 31.6. The van der Waals surface area contributed by atoms with E-state index in [0.29, 0.717) is 52.9 Å². The average Bonchev–Trinajstić information content (AvgIpc) is 3.25. The molecule has 0 spiro atoms. The van der Waals surface area contributed by atoms with Gasteiger partial charge in [-0.2, -0.15) is 0 Å². The standard InChI is InChI=1S/2C21H22N.C15H27FO2.Ir/c2*1-13(2)19-12-17-6-7-22-21(20(17)11-16(19)5)18-9-14(3)8-15(4)10-18;1-6-11(7-2)13(17)9-14(18)12(8-3)10-15(4,5)16;/h2*6-9,11-13H,1-5H3;9,11-12,18H,6-8,10H2,1-5H3;/q2*-1;;/b;;14-9-;/i2*6D,7D,9D;;. The molecule has 6 aromatic rings. The zero-order chi connectivity index (χ0) is 51.3. The molecule has 339 valence electrons. The van der Waals surface area contributed by atoms with E-state index >= 15 is 0 Å². The fourth-order valence-corrected chi connectivity index (χ4v) is 8.08. The molecule has 1 unspecified atom stereocenters. The quantitative estimate of drug-likeness (QED) is 0.0754. The number of ketones is 1. The summed E-state index contributed by atoms with van der Waals surface area (Å²) >= 11 is 0. The van der Waals surface area contributed by atoms with Crippen molar-refractivity contribution in [3.63, 3.8) is 0 Å². The van der Waals surface area contributed by atoms with Crippen molar-refractivity contribution in [1.29, 1.82) is 0 Å². The van der Waals surface area contributed by atoms with Gasteiger partial charge in [0.15, 0.2) is 5.78 Å². The van der Waals surface area contributed by atoms with Crippen LogP contribution in [0.15, 0.2) is 84.7 Å². The fraction of sp³-hybridized carbons (Fsp3) is 0.421. The van der Waals surface area contributed by atoms with Gasteiger partial charge in [0.25, 0.3) is 0 Å². The molecule has 6 rings (SSSR count). The molecule has 0 saturated carbocycles. The molecule has 4 nitrogen and oxygen atoms in total. The minimum Gasteiger partial charge on any atom is -0.512 e. The van der Waals surface area contributed by atoms with Crippen LogP contribution in [-0.4, -0.2) is 26.5 Å². The van der Waals surface area contributed by atoms with E-state index in [2.05, 4.69) is 63.6 Å². The third-order valence-electron chi connectivity index (χ3n) is 11.2. The number of rotatable bonds is 12. The zero-order valence-electron chi connectivity index (χ0n) is 46.1. The number of hydrogen-bond donors (Lipinski definition) is 1. The van der Waals surface area contributed by atoms with Crippen LogP contribution in [0.3, 0.4) is 0 Å². The van der Waals surface area contributed by atoms with Gasteiger partial charge in [0.1, 0.15) is 5.67 Å². The first-order valence-electron chi connectivity index (χ1n) is 25.1. The number of aliphatic hydroxyl groups excluding tert-OH is 1. The number of benzene rings is 4. The molecule has 0 saturated heterocycles. The second-order valence-electron chi connectivity index (χ2n) is 18.0. The number of aromatic nitrogens is 2. The van der Waals surface area contributed by atoms with Crippen molar-refractivity contribution in [2.24, 2.45) is 11.8 Å². The van der Waals surface area contributed by atoms with E-state index in [1.165, 1.54) is 31.1 Å². The number of alkyl halides is 1. The van der Waals surface area contributed by atoms with Gasteiger partial charge < -0.3 is 15.1 Å². The van der Waals surface area contributed by atoms with Gasteiger partial charge in [-0.3, -0.25) is 4.79 Å². The van der Waals surface area contributed by atoms with Crippen molar-refractivity contribution in [3.05, 3.63) is 141 Å². The molecule has 6 heteroatoms. The maximum absolute atomic E-state index is 13.6. The first kappa shape index (κ1) is 43.7. The molecule has 1 radical (unpaired) electrons. The molecular weight excluding hydrogens is 956 g/mol. The van der Waals surface area contributed by atoms with Crippen molar-refractivity contribution in [2.45, 2.75) is 147 Å². The molecule has 0 amide bonds. The number of halogens is 1. The Morgan fingerprint density at radius 2 is 1.11 bits per heavy atom. The Labute approximate surface area is 401 Å². The normalized spacial score (nSPS) is 13.5. The van der Waals surface area contributed by atoms with Gasteiger partial charge in [-0.15, -0.1) is 69.7 Å². The molecule has 0 bridgehead atoms. The summed E-state index contributed by atoms with van der Waals surface area (Å²) in [6.07, 6.45) is 3.58. The van der Waals surface area contributed by atoms with Crippen LogP contribution in [0.5, 0.6) is 0 Å². The summed E-state index contributed by atoms with van der Waals surface area (Å²) in [5.74, 6) is 0.349. The second kappa shape index (κ2) is 23.4. The maximum Gasteiger partial charge on any atom is 0.162 e. The van der Waals surface area contributed by atoms with Crippen LogP contribution >= 0.6 is 0 Å². The molecule has 0 aliphatic rings. The molecular formula is C57H71FIrN2O2-2. The summed E-state index contributed by atoms with van der Waals surface area (Å²) in [7, 11) is 0. The molecule has 4 aromatic carbocycles. The van der Waals surface area contributed by atoms with Crippen molar-refractivity contribution >= 4 is 27.3 Å². The van der Waals surface area contributed by atoms with Gasteiger partial charge in [0, 0.05) is 50.4 Å². The van der Waals surface area contributed by atoms with E-state index < -0.39 is 5.67 Å². The Bertz CT molecular complexity index is 2690. The molecule has 2 aromatic heterocycles. The molecule has 1 atom stereocenters. The predicted molar refractivity (Wildman–Crippen MR) is 262 cm³/mol. The number of aliphatic hydroxyl groups is 1. The SMILES string of the molecule is CCC(CC)C(=O)/C=C(\O)C(CC)CC(C)(C)F.[2H]c1nc(-c2[c-]c(C)cc(C)c2[2H])c2cc(C)c(C(C)C)cc2c1[2H].[2H]c1nc(-c2[c-]c(C)cc(C)c2[2H])c2cc(C)c(C(C)C)cc2c1[2H].[Ir]. The zero-order valence-corrected chi connectivity index (χ0v) is 42.5. The van der Waals surface area contributed by atoms with Crippen LogP contribution < -0.4 is 0 Å². The van der Waals surface area contributed by atoms with Gasteiger partial charge in [0.05, 0.1) is 11.2 Å². The number of fused-ring (bicyclic) bond motifs is 2. The smallest absolute Gasteiger partial charge is 0.162 e. The summed E-state index contributed by atoms with van der Waals surface area (Å²) in [4.78, 5) is 20.6. The number of carbonyl (C=O) groups excluding carboxylic acids is 1. The van der Waals surface area contributed by atoms with E-state index in [4.69, 9.17) is 8.22 Å². The van der Waals surface area contributed by atoms with Crippen LogP contribution in [0.2, 0.25) is 0 Å². The molecule has 0 aliphatic carbocycles. The summed E-state index contributed by atoms with van der Waals surface area (Å²) in [5.41, 5.74) is 9.25. The Morgan fingerprint density at radius 3 is 1.46 bits per heavy atom. The van der Waals surface area contributed by atoms with Gasteiger partial charge in [-0.05, 0) is 135 Å². The number of hydrogen-bond acceptors (Lipinski definition) is 4. The Morgan fingerprint density at radius 1 is 0.714 bits per heavy atom. The maximum atomic E-state index is 13.6. The minimum atomic E-state index is -1.33. The summed E-state index contributed by atoms with van der Waals surface area (Å²) in [6, 6.07) is 19.4. The molecule has 1 N–H and O–H groups in total. The molecule has 2 heterocycles. The monoisotopic (exact) mass is 1030 g/mol. The first-order valence-corrected chi connectivity index (χ1v) is 22.1. The van der Waals surface area contributed by atoms with Gasteiger partial charge in [0.2, 0.25) is 0 Å². The van der Waals surface area contributed by atoms with Gasteiger partial charge in [-0.25, -0.2) is 4.39 Å². The van der Waals surface area contributed by atoms with E-state index in [9.17, 15) is 14.3 Å². The Hall–Kier alpha value is -4.51. The van der Waals surface area contributed by atoms with Gasteiger partial charge >= 0.3 is 0 Å². The third-order valence-corrected chi connectivity index (χ3v) is 11.2. The second-order valence-corrected chi connectivity index (χ2v) is 18.0. The van der Waals surface area contributed by atoms with E-state index in [-0.39, 0.29) is 74.3 Å². The third kappa shape index (κ3) is 14.5. The van der Waals surface area contributed by atoms with Crippen molar-refractivity contribution in [1.82, 2.24) is 9.97 Å². The van der Waals surface area contributed by atoms with E-state index in [1.54, 1.807) is 0 Å². The largest absolute Gasteiger partial charge is 0.512 e. The van der Waals surface area contributed by atoms with Crippen molar-refractivity contribution < 1.29 is 42.6 Å². The number of pyridine rings is 2. The summed E-state index contributed by atoms with van der Waals surface area (Å²) in [6.45, 7) is 29.1. The van der Waals surface area contributed by atoms with Crippen LogP contribution in [0, 0.1) is 65.5 Å². The Balaban J connectivity index is 0.000000277. The van der Waals surface area contributed by atoms with Crippen LogP contribution in [0.25, 0.3) is 44.1 Å². The van der Waals surface area contributed by atoms with Crippen molar-refractivity contribution in [3.8, 4) is 22.5 Å². The molecule has 0 fully saturated rings. The number of nitrogens with zero attached hydrogens (tertiary/aromatic N) is 2. The van der Waals surface area contributed by atoms with Gasteiger partial charge in [-0.1, -0.05) is 100 Å². The number of aryl methyl sites for hydroxylation is 6. The predicted octanol–water partition coefficient (Wildman–Crippen LogP) is 16.1. The summed E-state index contributed by atoms with van der Waals surface area (Å²) < 4.78 is 63.2. The van der Waals surface area contributed by atoms with E-state index in [1.807, 2.05) is 84.9 Å². The topological polar surface area (TPSA) is 63.1 Å². The number of carbonyl (C=O) groups is 1. The average molecular weight is 1030 g/mol. The fourth-order valence-electron chi connectivity index (χ4n) is 8.08. The van der Waals surface area contributed by atoms with Crippen LogP contribution in [0.4, 0.5) is 4.39 Å². The molecule has 0 aliphatic heterocycles. The minimum absolute atomic E-state index is 0. The Kier molecular flexibility index (Phi) is 16.3. The van der Waals surface area contributed by atoms with Crippen LogP contribution in [-0.2, 0) is 24.9 Å². The summed E-state index contributed by atoms with van der Waals surface area (Å²) in [5, 5.41) is 13.0. The number of allylic oxidation sites excluding steroid dienone is 2. The van der Waals surface area contributed by atoms with Crippen LogP contribution in [0.1, 0.15) is 153 Å². The van der Waals surface area contributed by atoms with E-state index in [0.717, 1.165) is 67.8 Å².